The molecule has 0 amide bonds. The van der Waals surface area contributed by atoms with E-state index in [0.29, 0.717) is 23.3 Å². The summed E-state index contributed by atoms with van der Waals surface area (Å²) in [7, 11) is 1.58. The molecular weight excluding hydrogens is 390 g/mol. The van der Waals surface area contributed by atoms with Gasteiger partial charge in [0.1, 0.15) is 30.3 Å². The summed E-state index contributed by atoms with van der Waals surface area (Å²) < 4.78 is 0. The lowest BCUT2D eigenvalue weighted by molar-refractivity contribution is 0.139. The Hall–Kier alpha value is -2.54. The zero-order chi connectivity index (χ0) is 20.5. The van der Waals surface area contributed by atoms with Crippen molar-refractivity contribution in [3.63, 3.8) is 0 Å². The molecule has 0 spiro atoms. The van der Waals surface area contributed by atoms with Gasteiger partial charge < -0.3 is 9.68 Å². The summed E-state index contributed by atoms with van der Waals surface area (Å²) in [4.78, 5) is 23.4. The molecule has 0 aromatic carbocycles. The lowest BCUT2D eigenvalue weighted by atomic mass is 9.94. The molecule has 0 aliphatic heterocycles. The topological polar surface area (TPSA) is 81.9 Å². The van der Waals surface area contributed by atoms with Gasteiger partial charge in [-0.2, -0.15) is 0 Å². The normalized spacial score (nSPS) is 15.3. The van der Waals surface area contributed by atoms with Gasteiger partial charge in [0.15, 0.2) is 5.82 Å². The van der Waals surface area contributed by atoms with Crippen molar-refractivity contribution in [1.82, 2.24) is 15.0 Å². The SMILES string of the molecule is CO/N=C1\CCCc2ccc(CCCCCO/N=C(\C)c3nccc(Cl)n3)nc21. The van der Waals surface area contributed by atoms with Crippen molar-refractivity contribution in [2.45, 2.75) is 51.9 Å². The number of oxime groups is 2. The Morgan fingerprint density at radius 3 is 2.86 bits per heavy atom. The highest BCUT2D eigenvalue weighted by Gasteiger charge is 2.18. The molecule has 7 nitrogen and oxygen atoms in total. The number of nitrogens with zero attached hydrogens (tertiary/aromatic N) is 5. The first kappa shape index (κ1) is 21.2. The van der Waals surface area contributed by atoms with Gasteiger partial charge in [0.05, 0.1) is 5.69 Å². The maximum absolute atomic E-state index is 5.86. The van der Waals surface area contributed by atoms with E-state index in [1.54, 1.807) is 26.3 Å². The van der Waals surface area contributed by atoms with Gasteiger partial charge in [0, 0.05) is 11.9 Å². The predicted octanol–water partition coefficient (Wildman–Crippen LogP) is 4.37. The largest absolute Gasteiger partial charge is 0.399 e. The van der Waals surface area contributed by atoms with E-state index in [1.165, 1.54) is 5.56 Å². The van der Waals surface area contributed by atoms with E-state index >= 15 is 0 Å². The molecule has 1 aliphatic rings. The van der Waals surface area contributed by atoms with Crippen LogP contribution in [0.4, 0.5) is 0 Å². The fourth-order valence-electron chi connectivity index (χ4n) is 3.23. The Kier molecular flexibility index (Phi) is 7.93. The number of aryl methyl sites for hydroxylation is 2. The summed E-state index contributed by atoms with van der Waals surface area (Å²) in [5, 5.41) is 8.60. The van der Waals surface area contributed by atoms with Gasteiger partial charge in [-0.15, -0.1) is 0 Å². The van der Waals surface area contributed by atoms with E-state index in [2.05, 4.69) is 32.4 Å². The molecule has 3 rings (SSSR count). The minimum Gasteiger partial charge on any atom is -0.399 e. The molecule has 1 aliphatic carbocycles. The molecule has 8 heteroatoms. The molecule has 0 radical (unpaired) electrons. The Morgan fingerprint density at radius 1 is 1.14 bits per heavy atom. The van der Waals surface area contributed by atoms with Gasteiger partial charge in [-0.25, -0.2) is 9.97 Å². The van der Waals surface area contributed by atoms with E-state index < -0.39 is 0 Å². The Balaban J connectivity index is 1.40. The maximum atomic E-state index is 5.86. The van der Waals surface area contributed by atoms with Crippen molar-refractivity contribution < 1.29 is 9.68 Å². The Labute approximate surface area is 176 Å². The van der Waals surface area contributed by atoms with E-state index in [1.807, 2.05) is 0 Å². The Bertz CT molecular complexity index is 885. The smallest absolute Gasteiger partial charge is 0.178 e. The van der Waals surface area contributed by atoms with Crippen molar-refractivity contribution >= 4 is 23.0 Å². The first-order valence-corrected chi connectivity index (χ1v) is 10.3. The first-order chi connectivity index (χ1) is 14.2. The van der Waals surface area contributed by atoms with Crippen LogP contribution in [0.1, 0.15) is 61.8 Å². The van der Waals surface area contributed by atoms with Crippen LogP contribution in [0.5, 0.6) is 0 Å². The van der Waals surface area contributed by atoms with Gasteiger partial charge in [-0.05, 0) is 69.6 Å². The van der Waals surface area contributed by atoms with E-state index in [4.69, 9.17) is 26.3 Å². The molecule has 2 heterocycles. The van der Waals surface area contributed by atoms with Crippen molar-refractivity contribution in [3.8, 4) is 0 Å². The molecular formula is C21H26ClN5O2. The number of pyridine rings is 1. The van der Waals surface area contributed by atoms with Crippen LogP contribution in [0.2, 0.25) is 5.15 Å². The summed E-state index contributed by atoms with van der Waals surface area (Å²) in [5.74, 6) is 0.479. The number of rotatable bonds is 9. The fraction of sp³-hybridized carbons (Fsp3) is 0.476. The van der Waals surface area contributed by atoms with Crippen LogP contribution in [0.25, 0.3) is 0 Å². The molecule has 154 valence electrons. The highest BCUT2D eigenvalue weighted by molar-refractivity contribution is 6.29. The summed E-state index contributed by atoms with van der Waals surface area (Å²) in [6.07, 6.45) is 8.63. The monoisotopic (exact) mass is 415 g/mol. The van der Waals surface area contributed by atoms with Gasteiger partial charge >= 0.3 is 0 Å². The van der Waals surface area contributed by atoms with Gasteiger partial charge in [-0.3, -0.25) is 4.98 Å². The zero-order valence-corrected chi connectivity index (χ0v) is 17.7. The number of hydrogen-bond donors (Lipinski definition) is 0. The second kappa shape index (κ2) is 10.9. The van der Waals surface area contributed by atoms with E-state index in [9.17, 15) is 0 Å². The van der Waals surface area contributed by atoms with Crippen LogP contribution in [0, 0.1) is 0 Å². The molecule has 29 heavy (non-hydrogen) atoms. The molecule has 0 unspecified atom stereocenters. The molecule has 0 saturated heterocycles. The van der Waals surface area contributed by atoms with Crippen LogP contribution in [0.3, 0.4) is 0 Å². The van der Waals surface area contributed by atoms with Crippen LogP contribution < -0.4 is 0 Å². The second-order valence-electron chi connectivity index (χ2n) is 6.91. The summed E-state index contributed by atoms with van der Waals surface area (Å²) >= 11 is 5.86. The van der Waals surface area contributed by atoms with Crippen LogP contribution in [-0.2, 0) is 22.5 Å². The quantitative estimate of drug-likeness (QED) is 0.263. The molecule has 0 saturated carbocycles. The minimum atomic E-state index is 0.390. The average molecular weight is 416 g/mol. The van der Waals surface area contributed by atoms with Crippen molar-refractivity contribution in [2.24, 2.45) is 10.3 Å². The lowest BCUT2D eigenvalue weighted by Gasteiger charge is -2.17. The highest BCUT2D eigenvalue weighted by atomic mass is 35.5. The number of fused-ring (bicyclic) bond motifs is 1. The van der Waals surface area contributed by atoms with Crippen molar-refractivity contribution in [1.29, 1.82) is 0 Å². The second-order valence-corrected chi connectivity index (χ2v) is 7.30. The highest BCUT2D eigenvalue weighted by Crippen LogP contribution is 2.21. The third kappa shape index (κ3) is 6.22. The minimum absolute atomic E-state index is 0.390. The third-order valence-electron chi connectivity index (χ3n) is 4.69. The molecule has 0 fully saturated rings. The standard InChI is InChI=1S/C21H26ClN5O2/c1-15(21-23-13-12-19(22)25-21)26-29-14-5-3-4-8-17-11-10-16-7-6-9-18(27-28-2)20(16)24-17/h10-13H,3-9,14H2,1-2H3/b26-15+,27-18+. The van der Waals surface area contributed by atoms with Crippen LogP contribution >= 0.6 is 11.6 Å². The Morgan fingerprint density at radius 2 is 2.03 bits per heavy atom. The first-order valence-electron chi connectivity index (χ1n) is 9.92. The van der Waals surface area contributed by atoms with Gasteiger partial charge in [0.25, 0.3) is 0 Å². The van der Waals surface area contributed by atoms with E-state index in [0.717, 1.165) is 62.0 Å². The predicted molar refractivity (Wildman–Crippen MR) is 113 cm³/mol. The number of halogens is 1. The van der Waals surface area contributed by atoms with Crippen LogP contribution in [-0.4, -0.2) is 40.1 Å². The summed E-state index contributed by atoms with van der Waals surface area (Å²) in [5.41, 5.74) is 4.94. The molecule has 2 aromatic heterocycles. The number of aromatic nitrogens is 3. The van der Waals surface area contributed by atoms with Gasteiger partial charge in [-0.1, -0.05) is 28.0 Å². The lowest BCUT2D eigenvalue weighted by Crippen LogP contribution is -2.15. The van der Waals surface area contributed by atoms with E-state index in [-0.39, 0.29) is 0 Å². The summed E-state index contributed by atoms with van der Waals surface area (Å²) in [6.45, 7) is 2.36. The van der Waals surface area contributed by atoms with Gasteiger partial charge in [0.2, 0.25) is 0 Å². The number of hydrogen-bond acceptors (Lipinski definition) is 7. The average Bonchev–Trinajstić information content (AvgIpc) is 2.73. The number of unbranched alkanes of at least 4 members (excludes halogenated alkanes) is 2. The van der Waals surface area contributed by atoms with Crippen molar-refractivity contribution in [2.75, 3.05) is 13.7 Å². The molecule has 0 bridgehead atoms. The maximum Gasteiger partial charge on any atom is 0.178 e. The zero-order valence-electron chi connectivity index (χ0n) is 16.9. The van der Waals surface area contributed by atoms with Crippen molar-refractivity contribution in [3.05, 3.63) is 52.3 Å². The van der Waals surface area contributed by atoms with Crippen LogP contribution in [0.15, 0.2) is 34.7 Å². The summed E-state index contributed by atoms with van der Waals surface area (Å²) in [6, 6.07) is 5.94. The fourth-order valence-corrected chi connectivity index (χ4v) is 3.36. The molecule has 0 atom stereocenters. The molecule has 2 aromatic rings. The third-order valence-corrected chi connectivity index (χ3v) is 4.90. The molecule has 0 N–H and O–H groups in total.